The van der Waals surface area contributed by atoms with Gasteiger partial charge in [-0.3, -0.25) is 9.48 Å². The van der Waals surface area contributed by atoms with Crippen LogP contribution in [-0.4, -0.2) is 28.3 Å². The van der Waals surface area contributed by atoms with Gasteiger partial charge in [-0.05, 0) is 37.1 Å². The molecule has 2 heterocycles. The van der Waals surface area contributed by atoms with Crippen LogP contribution in [0.4, 0.5) is 4.39 Å². The van der Waals surface area contributed by atoms with Gasteiger partial charge in [-0.25, -0.2) is 4.39 Å². The smallest absolute Gasteiger partial charge is 0.269 e. The Labute approximate surface area is 138 Å². The number of carbonyl (C=O) groups excluding carboxylic acids is 1. The molecule has 5 nitrogen and oxygen atoms in total. The van der Waals surface area contributed by atoms with Gasteiger partial charge in [0, 0.05) is 13.7 Å². The predicted octanol–water partition coefficient (Wildman–Crippen LogP) is 2.78. The zero-order chi connectivity index (χ0) is 16.6. The number of halogens is 2. The molecule has 2 atom stereocenters. The minimum absolute atomic E-state index is 0.0673. The summed E-state index contributed by atoms with van der Waals surface area (Å²) in [6.45, 7) is 2.33. The van der Waals surface area contributed by atoms with Crippen molar-refractivity contribution in [2.75, 3.05) is 6.61 Å². The van der Waals surface area contributed by atoms with Crippen molar-refractivity contribution in [1.82, 2.24) is 15.1 Å². The Balaban J connectivity index is 1.77. The molecule has 3 rings (SSSR count). The van der Waals surface area contributed by atoms with Gasteiger partial charge in [-0.2, -0.15) is 5.10 Å². The van der Waals surface area contributed by atoms with E-state index in [0.717, 1.165) is 5.69 Å². The molecule has 1 aromatic carbocycles. The van der Waals surface area contributed by atoms with E-state index in [1.165, 1.54) is 16.8 Å². The topological polar surface area (TPSA) is 56.1 Å². The standard InChI is InChI=1S/C16H17ClFN3O2/c1-9-7-14(21(2)20-9)16(22)19-13-5-6-23-15(13)10-3-4-11(17)12(18)8-10/h3-4,7-8,13,15H,5-6H2,1-2H3,(H,19,22)/t13-,15+/m0/s1. The lowest BCUT2D eigenvalue weighted by molar-refractivity contribution is 0.0814. The van der Waals surface area contributed by atoms with E-state index in [9.17, 15) is 9.18 Å². The SMILES string of the molecule is Cc1cc(C(=O)N[C@H]2CCO[C@@H]2c2ccc(Cl)c(F)c2)n(C)n1. The Morgan fingerprint density at radius 1 is 1.48 bits per heavy atom. The molecule has 1 aliphatic heterocycles. The quantitative estimate of drug-likeness (QED) is 0.937. The summed E-state index contributed by atoms with van der Waals surface area (Å²) >= 11 is 5.71. The summed E-state index contributed by atoms with van der Waals surface area (Å²) in [5, 5.41) is 7.18. The van der Waals surface area contributed by atoms with Gasteiger partial charge in [0.25, 0.3) is 5.91 Å². The summed E-state index contributed by atoms with van der Waals surface area (Å²) in [5.41, 5.74) is 1.92. The van der Waals surface area contributed by atoms with Crippen LogP contribution in [0.1, 0.15) is 34.3 Å². The second-order valence-electron chi connectivity index (χ2n) is 5.63. The van der Waals surface area contributed by atoms with Gasteiger partial charge in [0.05, 0.1) is 16.8 Å². The fraction of sp³-hybridized carbons (Fsp3) is 0.375. The summed E-state index contributed by atoms with van der Waals surface area (Å²) in [7, 11) is 1.72. The van der Waals surface area contributed by atoms with E-state index in [4.69, 9.17) is 16.3 Å². The molecular weight excluding hydrogens is 321 g/mol. The van der Waals surface area contributed by atoms with Crippen molar-refractivity contribution in [1.29, 1.82) is 0 Å². The molecule has 0 radical (unpaired) electrons. The second-order valence-corrected chi connectivity index (χ2v) is 6.04. The highest BCUT2D eigenvalue weighted by molar-refractivity contribution is 6.30. The van der Waals surface area contributed by atoms with Crippen LogP contribution in [0.25, 0.3) is 0 Å². The normalized spacial score (nSPS) is 20.7. The van der Waals surface area contributed by atoms with E-state index in [-0.39, 0.29) is 23.1 Å². The number of aryl methyl sites for hydroxylation is 2. The van der Waals surface area contributed by atoms with Crippen molar-refractivity contribution in [3.8, 4) is 0 Å². The Bertz CT molecular complexity index is 747. The van der Waals surface area contributed by atoms with Gasteiger partial charge in [-0.1, -0.05) is 17.7 Å². The maximum atomic E-state index is 13.7. The summed E-state index contributed by atoms with van der Waals surface area (Å²) in [6.07, 6.45) is 0.275. The molecule has 0 bridgehead atoms. The first-order chi connectivity index (χ1) is 11.0. The third-order valence-corrected chi connectivity index (χ3v) is 4.22. The number of nitrogens with zero attached hydrogens (tertiary/aromatic N) is 2. The number of hydrogen-bond acceptors (Lipinski definition) is 3. The summed E-state index contributed by atoms with van der Waals surface area (Å²) in [5.74, 6) is -0.713. The van der Waals surface area contributed by atoms with Gasteiger partial charge >= 0.3 is 0 Å². The summed E-state index contributed by atoms with van der Waals surface area (Å²) in [6, 6.07) is 6.07. The highest BCUT2D eigenvalue weighted by Crippen LogP contribution is 2.31. The van der Waals surface area contributed by atoms with Crippen LogP contribution >= 0.6 is 11.6 Å². The van der Waals surface area contributed by atoms with Crippen LogP contribution in [0.3, 0.4) is 0 Å². The van der Waals surface area contributed by atoms with Crippen LogP contribution in [0.15, 0.2) is 24.3 Å². The van der Waals surface area contributed by atoms with Crippen LogP contribution in [0.2, 0.25) is 5.02 Å². The van der Waals surface area contributed by atoms with Crippen molar-refractivity contribution in [3.63, 3.8) is 0 Å². The van der Waals surface area contributed by atoms with Crippen molar-refractivity contribution in [3.05, 3.63) is 52.1 Å². The summed E-state index contributed by atoms with van der Waals surface area (Å²) in [4.78, 5) is 12.4. The fourth-order valence-electron chi connectivity index (χ4n) is 2.82. The van der Waals surface area contributed by atoms with Gasteiger partial charge in [-0.15, -0.1) is 0 Å². The van der Waals surface area contributed by atoms with Crippen molar-refractivity contribution >= 4 is 17.5 Å². The maximum absolute atomic E-state index is 13.7. The molecule has 1 amide bonds. The third kappa shape index (κ3) is 3.23. The largest absolute Gasteiger partial charge is 0.371 e. The molecule has 7 heteroatoms. The maximum Gasteiger partial charge on any atom is 0.269 e. The van der Waals surface area contributed by atoms with E-state index < -0.39 is 5.82 Å². The van der Waals surface area contributed by atoms with Crippen LogP contribution in [-0.2, 0) is 11.8 Å². The molecule has 1 N–H and O–H groups in total. The molecule has 1 saturated heterocycles. The lowest BCUT2D eigenvalue weighted by Gasteiger charge is -2.20. The highest BCUT2D eigenvalue weighted by atomic mass is 35.5. The fourth-order valence-corrected chi connectivity index (χ4v) is 2.94. The van der Waals surface area contributed by atoms with Gasteiger partial charge in [0.2, 0.25) is 0 Å². The van der Waals surface area contributed by atoms with E-state index >= 15 is 0 Å². The van der Waals surface area contributed by atoms with Gasteiger partial charge in [0.15, 0.2) is 0 Å². The zero-order valence-electron chi connectivity index (χ0n) is 12.8. The average Bonchev–Trinajstić information content (AvgIpc) is 3.08. The first-order valence-corrected chi connectivity index (χ1v) is 7.71. The Kier molecular flexibility index (Phi) is 4.37. The molecule has 2 aromatic rings. The molecule has 0 unspecified atom stereocenters. The third-order valence-electron chi connectivity index (χ3n) is 3.92. The summed E-state index contributed by atoms with van der Waals surface area (Å²) < 4.78 is 20.9. The molecule has 1 fully saturated rings. The number of hydrogen-bond donors (Lipinski definition) is 1. The number of carbonyl (C=O) groups is 1. The highest BCUT2D eigenvalue weighted by Gasteiger charge is 2.32. The van der Waals surface area contributed by atoms with E-state index in [0.29, 0.717) is 24.3 Å². The molecule has 0 aliphatic carbocycles. The number of amides is 1. The first-order valence-electron chi connectivity index (χ1n) is 7.34. The van der Waals surface area contributed by atoms with Gasteiger partial charge in [0.1, 0.15) is 17.6 Å². The minimum Gasteiger partial charge on any atom is -0.371 e. The predicted molar refractivity (Wildman–Crippen MR) is 83.9 cm³/mol. The van der Waals surface area contributed by atoms with Gasteiger partial charge < -0.3 is 10.1 Å². The molecule has 1 aromatic heterocycles. The van der Waals surface area contributed by atoms with E-state index in [1.807, 2.05) is 6.92 Å². The second kappa shape index (κ2) is 6.29. The number of aromatic nitrogens is 2. The number of rotatable bonds is 3. The van der Waals surface area contributed by atoms with Crippen molar-refractivity contribution in [2.24, 2.45) is 7.05 Å². The Morgan fingerprint density at radius 2 is 2.26 bits per heavy atom. The monoisotopic (exact) mass is 337 g/mol. The molecule has 0 saturated carbocycles. The minimum atomic E-state index is -0.494. The molecular formula is C16H17ClFN3O2. The first kappa shape index (κ1) is 16.0. The number of ether oxygens (including phenoxy) is 1. The average molecular weight is 338 g/mol. The lowest BCUT2D eigenvalue weighted by Crippen LogP contribution is -2.37. The van der Waals surface area contributed by atoms with E-state index in [2.05, 4.69) is 10.4 Å². The molecule has 122 valence electrons. The molecule has 0 spiro atoms. The Morgan fingerprint density at radius 3 is 2.91 bits per heavy atom. The number of nitrogens with one attached hydrogen (secondary N) is 1. The number of benzene rings is 1. The lowest BCUT2D eigenvalue weighted by atomic mass is 10.0. The molecule has 1 aliphatic rings. The zero-order valence-corrected chi connectivity index (χ0v) is 13.6. The van der Waals surface area contributed by atoms with Crippen LogP contribution < -0.4 is 5.32 Å². The van der Waals surface area contributed by atoms with Crippen LogP contribution in [0, 0.1) is 12.7 Å². The molecule has 23 heavy (non-hydrogen) atoms. The van der Waals surface area contributed by atoms with E-state index in [1.54, 1.807) is 19.2 Å². The Hall–Kier alpha value is -1.92. The van der Waals surface area contributed by atoms with Crippen molar-refractivity contribution < 1.29 is 13.9 Å². The van der Waals surface area contributed by atoms with Crippen molar-refractivity contribution in [2.45, 2.75) is 25.5 Å². The van der Waals surface area contributed by atoms with Crippen LogP contribution in [0.5, 0.6) is 0 Å².